The van der Waals surface area contributed by atoms with Gasteiger partial charge in [-0.2, -0.15) is 9.97 Å². The van der Waals surface area contributed by atoms with Crippen LogP contribution in [0.1, 0.15) is 28.4 Å². The number of methoxy groups -OCH3 is 1. The van der Waals surface area contributed by atoms with Crippen molar-refractivity contribution < 1.29 is 9.53 Å². The Bertz CT molecular complexity index is 756. The maximum absolute atomic E-state index is 11.9. The number of hydrogen-bond donors (Lipinski definition) is 4. The number of rotatable bonds is 7. The molecule has 0 radical (unpaired) electrons. The number of nitrogens with one attached hydrogen (secondary N) is 2. The van der Waals surface area contributed by atoms with Gasteiger partial charge < -0.3 is 26.8 Å². The number of amides is 1. The first-order valence-corrected chi connectivity index (χ1v) is 7.90. The highest BCUT2D eigenvalue weighted by Gasteiger charge is 2.20. The number of carbonyl (C=O) groups is 1. The molecule has 25 heavy (non-hydrogen) atoms. The van der Waals surface area contributed by atoms with E-state index in [2.05, 4.69) is 26.7 Å². The minimum Gasteiger partial charge on any atom is -0.480 e. The van der Waals surface area contributed by atoms with Gasteiger partial charge in [-0.15, -0.1) is 0 Å². The Morgan fingerprint density at radius 1 is 1.24 bits per heavy atom. The Labute approximate surface area is 147 Å². The van der Waals surface area contributed by atoms with Crippen LogP contribution in [0.15, 0.2) is 18.2 Å². The van der Waals surface area contributed by atoms with Gasteiger partial charge in [0.2, 0.25) is 11.8 Å². The molecule has 1 amide bonds. The normalized spacial score (nSPS) is 11.7. The van der Waals surface area contributed by atoms with Gasteiger partial charge in [0, 0.05) is 18.3 Å². The predicted molar refractivity (Wildman–Crippen MR) is 98.4 cm³/mol. The van der Waals surface area contributed by atoms with Crippen molar-refractivity contribution in [1.82, 2.24) is 9.97 Å². The largest absolute Gasteiger partial charge is 0.480 e. The summed E-state index contributed by atoms with van der Waals surface area (Å²) in [5.41, 5.74) is 14.3. The van der Waals surface area contributed by atoms with Crippen LogP contribution >= 0.6 is 0 Å². The number of benzene rings is 1. The van der Waals surface area contributed by atoms with Gasteiger partial charge in [0.1, 0.15) is 5.56 Å². The number of nitrogens with zero attached hydrogens (tertiary/aromatic N) is 2. The van der Waals surface area contributed by atoms with Gasteiger partial charge >= 0.3 is 0 Å². The summed E-state index contributed by atoms with van der Waals surface area (Å²) in [7, 11) is 1.42. The fraction of sp³-hybridized carbons (Fsp3) is 0.353. The fourth-order valence-corrected chi connectivity index (χ4v) is 2.42. The number of carbonyl (C=O) groups excluding carboxylic acids is 1. The Morgan fingerprint density at radius 3 is 2.40 bits per heavy atom. The lowest BCUT2D eigenvalue weighted by Crippen LogP contribution is -2.26. The van der Waals surface area contributed by atoms with Crippen molar-refractivity contribution in [2.75, 3.05) is 24.3 Å². The molecule has 134 valence electrons. The first-order valence-electron chi connectivity index (χ1n) is 7.90. The number of primary amides is 1. The molecule has 6 N–H and O–H groups in total. The van der Waals surface area contributed by atoms with Crippen LogP contribution in [0.5, 0.6) is 5.88 Å². The molecule has 1 atom stereocenters. The van der Waals surface area contributed by atoms with E-state index in [4.69, 9.17) is 16.2 Å². The summed E-state index contributed by atoms with van der Waals surface area (Å²) in [5.74, 6) is -0.00781. The first kappa shape index (κ1) is 18.5. The van der Waals surface area contributed by atoms with Gasteiger partial charge in [0.25, 0.3) is 5.91 Å². The van der Waals surface area contributed by atoms with E-state index in [9.17, 15) is 4.79 Å². The highest BCUT2D eigenvalue weighted by atomic mass is 16.5. The van der Waals surface area contributed by atoms with Gasteiger partial charge in [-0.25, -0.2) is 0 Å². The molecule has 0 aliphatic heterocycles. The molecule has 0 fully saturated rings. The third kappa shape index (κ3) is 4.80. The van der Waals surface area contributed by atoms with Crippen molar-refractivity contribution in [2.24, 2.45) is 11.5 Å². The summed E-state index contributed by atoms with van der Waals surface area (Å²) in [6.07, 6.45) is 0. The Morgan fingerprint density at radius 2 is 1.88 bits per heavy atom. The third-order valence-electron chi connectivity index (χ3n) is 3.38. The zero-order chi connectivity index (χ0) is 18.6. The summed E-state index contributed by atoms with van der Waals surface area (Å²) >= 11 is 0. The predicted octanol–water partition coefficient (Wildman–Crippen LogP) is 1.70. The molecular formula is C17H24N6O2. The lowest BCUT2D eigenvalue weighted by atomic mass is 10.1. The Hall–Kier alpha value is -2.87. The first-order chi connectivity index (χ1) is 11.8. The number of ether oxygens (including phenoxy) is 1. The van der Waals surface area contributed by atoms with Crippen LogP contribution in [-0.4, -0.2) is 35.6 Å². The van der Waals surface area contributed by atoms with Crippen LogP contribution < -0.4 is 26.8 Å². The summed E-state index contributed by atoms with van der Waals surface area (Å²) in [6.45, 7) is 6.31. The minimum absolute atomic E-state index is 0.0822. The molecule has 0 unspecified atom stereocenters. The average molecular weight is 344 g/mol. The van der Waals surface area contributed by atoms with E-state index in [1.54, 1.807) is 0 Å². The highest BCUT2D eigenvalue weighted by Crippen LogP contribution is 2.28. The molecule has 0 saturated carbocycles. The summed E-state index contributed by atoms with van der Waals surface area (Å²) in [6, 6.07) is 5.86. The van der Waals surface area contributed by atoms with E-state index in [0.717, 1.165) is 16.8 Å². The minimum atomic E-state index is -0.678. The van der Waals surface area contributed by atoms with Gasteiger partial charge in [-0.1, -0.05) is 6.07 Å². The third-order valence-corrected chi connectivity index (χ3v) is 3.38. The molecule has 8 nitrogen and oxygen atoms in total. The molecule has 0 saturated heterocycles. The topological polar surface area (TPSA) is 128 Å². The molecule has 1 aromatic heterocycles. The Balaban J connectivity index is 2.47. The van der Waals surface area contributed by atoms with Crippen LogP contribution in [0, 0.1) is 13.8 Å². The van der Waals surface area contributed by atoms with Gasteiger partial charge in [0.05, 0.1) is 7.11 Å². The standard InChI is InChI=1S/C17H24N6O2/c1-9-5-10(2)7-12(6-9)21-15-13(14(19)24)16(25-4)23-17(22-15)20-8-11(3)18/h5-7,11H,8,18H2,1-4H3,(H2,19,24)(H2,20,21,22,23)/t11-/m1/s1. The van der Waals surface area contributed by atoms with E-state index < -0.39 is 5.91 Å². The summed E-state index contributed by atoms with van der Waals surface area (Å²) < 4.78 is 5.22. The van der Waals surface area contributed by atoms with Crippen molar-refractivity contribution in [3.63, 3.8) is 0 Å². The molecule has 2 aromatic rings. The van der Waals surface area contributed by atoms with Crippen LogP contribution in [0.25, 0.3) is 0 Å². The van der Waals surface area contributed by atoms with E-state index >= 15 is 0 Å². The maximum atomic E-state index is 11.9. The van der Waals surface area contributed by atoms with Crippen LogP contribution in [0.2, 0.25) is 0 Å². The quantitative estimate of drug-likeness (QED) is 0.602. The zero-order valence-electron chi connectivity index (χ0n) is 14.9. The van der Waals surface area contributed by atoms with E-state index in [1.165, 1.54) is 7.11 Å². The van der Waals surface area contributed by atoms with Gasteiger partial charge in [-0.3, -0.25) is 4.79 Å². The van der Waals surface area contributed by atoms with E-state index in [-0.39, 0.29) is 23.3 Å². The number of aromatic nitrogens is 2. The molecule has 0 aliphatic rings. The number of nitrogens with two attached hydrogens (primary N) is 2. The number of aryl methyl sites for hydroxylation is 2. The molecular weight excluding hydrogens is 320 g/mol. The lowest BCUT2D eigenvalue weighted by Gasteiger charge is -2.15. The van der Waals surface area contributed by atoms with Crippen LogP contribution in [0.4, 0.5) is 17.5 Å². The smallest absolute Gasteiger partial charge is 0.258 e. The maximum Gasteiger partial charge on any atom is 0.258 e. The van der Waals surface area contributed by atoms with Crippen LogP contribution in [-0.2, 0) is 0 Å². The monoisotopic (exact) mass is 344 g/mol. The van der Waals surface area contributed by atoms with E-state index in [0.29, 0.717) is 12.5 Å². The van der Waals surface area contributed by atoms with E-state index in [1.807, 2.05) is 32.9 Å². The molecule has 2 rings (SSSR count). The van der Waals surface area contributed by atoms with Crippen molar-refractivity contribution in [3.05, 3.63) is 34.9 Å². The van der Waals surface area contributed by atoms with Gasteiger partial charge in [0.15, 0.2) is 5.82 Å². The molecule has 0 bridgehead atoms. The van der Waals surface area contributed by atoms with Crippen molar-refractivity contribution in [2.45, 2.75) is 26.8 Å². The second kappa shape index (κ2) is 7.80. The fourth-order valence-electron chi connectivity index (χ4n) is 2.42. The van der Waals surface area contributed by atoms with Crippen molar-refractivity contribution in [1.29, 1.82) is 0 Å². The molecule has 0 aliphatic carbocycles. The second-order valence-electron chi connectivity index (χ2n) is 6.00. The van der Waals surface area contributed by atoms with Crippen molar-refractivity contribution >= 4 is 23.4 Å². The van der Waals surface area contributed by atoms with Crippen LogP contribution in [0.3, 0.4) is 0 Å². The SMILES string of the molecule is COc1nc(NC[C@@H](C)N)nc(Nc2cc(C)cc(C)c2)c1C(N)=O. The lowest BCUT2D eigenvalue weighted by molar-refractivity contribution is 0.0997. The molecule has 1 heterocycles. The molecule has 0 spiro atoms. The average Bonchev–Trinajstić information content (AvgIpc) is 2.50. The second-order valence-corrected chi connectivity index (χ2v) is 6.00. The molecule has 8 heteroatoms. The molecule has 1 aromatic carbocycles. The van der Waals surface area contributed by atoms with Crippen molar-refractivity contribution in [3.8, 4) is 5.88 Å². The summed E-state index contributed by atoms with van der Waals surface area (Å²) in [5, 5.41) is 6.15. The highest BCUT2D eigenvalue weighted by molar-refractivity contribution is 6.00. The zero-order valence-corrected chi connectivity index (χ0v) is 14.9. The Kier molecular flexibility index (Phi) is 5.76. The summed E-state index contributed by atoms with van der Waals surface area (Å²) in [4.78, 5) is 20.4. The number of anilines is 3. The van der Waals surface area contributed by atoms with Gasteiger partial charge in [-0.05, 0) is 44.0 Å². The number of hydrogen-bond acceptors (Lipinski definition) is 7.